The number of carbonyl (C=O) groups excluding carboxylic acids is 1. The molecule has 3 aromatic carbocycles. The van der Waals surface area contributed by atoms with E-state index < -0.39 is 11.7 Å². The number of anilines is 1. The van der Waals surface area contributed by atoms with Crippen LogP contribution in [0.4, 0.5) is 5.69 Å². The average Bonchev–Trinajstić information content (AvgIpc) is 2.73. The highest BCUT2D eigenvalue weighted by atomic mass is 35.5. The Morgan fingerprint density at radius 1 is 1.07 bits per heavy atom. The van der Waals surface area contributed by atoms with E-state index in [1.165, 1.54) is 7.11 Å². The Balaban J connectivity index is 1.89. The third-order valence-corrected chi connectivity index (χ3v) is 5.68. The fourth-order valence-corrected chi connectivity index (χ4v) is 4.11. The average molecular weight is 408 g/mol. The first-order valence-corrected chi connectivity index (χ1v) is 9.80. The normalized spacial score (nSPS) is 21.2. The SMILES string of the molecule is COC1C(=O)N(Cc2ccc(C)cc2)c2ccc(Cl)cc2C1(O)c1ccccc1. The Bertz CT molecular complexity index is 1040. The highest BCUT2D eigenvalue weighted by Gasteiger charge is 2.52. The minimum Gasteiger partial charge on any atom is -0.377 e. The topological polar surface area (TPSA) is 49.8 Å². The maximum Gasteiger partial charge on any atom is 0.260 e. The van der Waals surface area contributed by atoms with Crippen LogP contribution in [0, 0.1) is 6.92 Å². The van der Waals surface area contributed by atoms with Gasteiger partial charge in [-0.1, -0.05) is 71.8 Å². The molecule has 0 aromatic heterocycles. The summed E-state index contributed by atoms with van der Waals surface area (Å²) in [7, 11) is 1.44. The fraction of sp³-hybridized carbons (Fsp3) is 0.208. The van der Waals surface area contributed by atoms with Crippen LogP contribution in [-0.2, 0) is 21.7 Å². The zero-order chi connectivity index (χ0) is 20.6. The molecule has 1 N–H and O–H groups in total. The number of fused-ring (bicyclic) bond motifs is 1. The van der Waals surface area contributed by atoms with Crippen LogP contribution in [0.3, 0.4) is 0 Å². The van der Waals surface area contributed by atoms with Gasteiger partial charge >= 0.3 is 0 Å². The molecule has 1 heterocycles. The van der Waals surface area contributed by atoms with Crippen LogP contribution in [0.15, 0.2) is 72.8 Å². The Hall–Kier alpha value is -2.66. The van der Waals surface area contributed by atoms with Gasteiger partial charge in [0.1, 0.15) is 0 Å². The molecule has 148 valence electrons. The van der Waals surface area contributed by atoms with Crippen LogP contribution in [0.5, 0.6) is 0 Å². The number of ether oxygens (including phenoxy) is 1. The maximum absolute atomic E-state index is 13.5. The van der Waals surface area contributed by atoms with E-state index in [0.717, 1.165) is 11.1 Å². The Kier molecular flexibility index (Phi) is 5.17. The molecule has 0 fully saturated rings. The van der Waals surface area contributed by atoms with Gasteiger partial charge in [0.15, 0.2) is 11.7 Å². The Morgan fingerprint density at radius 3 is 2.41 bits per heavy atom. The number of amides is 1. The number of rotatable bonds is 4. The van der Waals surface area contributed by atoms with E-state index in [1.54, 1.807) is 35.2 Å². The van der Waals surface area contributed by atoms with E-state index in [1.807, 2.05) is 49.4 Å². The monoisotopic (exact) mass is 407 g/mol. The number of hydrogen-bond acceptors (Lipinski definition) is 3. The van der Waals surface area contributed by atoms with Crippen molar-refractivity contribution in [1.82, 2.24) is 0 Å². The molecular formula is C24H22ClNO3. The molecule has 3 aromatic rings. The molecule has 29 heavy (non-hydrogen) atoms. The van der Waals surface area contributed by atoms with Gasteiger partial charge in [0.2, 0.25) is 0 Å². The predicted molar refractivity (Wildman–Crippen MR) is 114 cm³/mol. The van der Waals surface area contributed by atoms with Crippen LogP contribution >= 0.6 is 11.6 Å². The molecular weight excluding hydrogens is 386 g/mol. The third kappa shape index (κ3) is 3.33. The molecule has 0 saturated heterocycles. The van der Waals surface area contributed by atoms with Crippen LogP contribution in [-0.4, -0.2) is 24.2 Å². The van der Waals surface area contributed by atoms with Gasteiger partial charge in [-0.25, -0.2) is 0 Å². The lowest BCUT2D eigenvalue weighted by Gasteiger charge is -2.44. The highest BCUT2D eigenvalue weighted by Crippen LogP contribution is 2.45. The number of nitrogens with zero attached hydrogens (tertiary/aromatic N) is 1. The Labute approximate surface area is 175 Å². The molecule has 0 bridgehead atoms. The molecule has 4 nitrogen and oxygen atoms in total. The molecule has 0 radical (unpaired) electrons. The number of halogens is 1. The lowest BCUT2D eigenvalue weighted by atomic mass is 9.77. The highest BCUT2D eigenvalue weighted by molar-refractivity contribution is 6.30. The van der Waals surface area contributed by atoms with Gasteiger partial charge in [-0.3, -0.25) is 4.79 Å². The predicted octanol–water partition coefficient (Wildman–Crippen LogP) is 4.45. The van der Waals surface area contributed by atoms with Crippen molar-refractivity contribution >= 4 is 23.2 Å². The molecule has 2 unspecified atom stereocenters. The van der Waals surface area contributed by atoms with E-state index in [-0.39, 0.29) is 5.91 Å². The van der Waals surface area contributed by atoms with E-state index >= 15 is 0 Å². The van der Waals surface area contributed by atoms with Gasteiger partial charge in [0.25, 0.3) is 5.91 Å². The van der Waals surface area contributed by atoms with Crippen molar-refractivity contribution in [2.45, 2.75) is 25.2 Å². The molecule has 1 aliphatic rings. The molecule has 1 aliphatic heterocycles. The minimum absolute atomic E-state index is 0.297. The molecule has 4 rings (SSSR count). The molecule has 0 spiro atoms. The quantitative estimate of drug-likeness (QED) is 0.695. The van der Waals surface area contributed by atoms with Crippen LogP contribution in [0.25, 0.3) is 0 Å². The molecule has 0 aliphatic carbocycles. The van der Waals surface area contributed by atoms with Gasteiger partial charge in [-0.15, -0.1) is 0 Å². The van der Waals surface area contributed by atoms with Crippen molar-refractivity contribution in [3.63, 3.8) is 0 Å². The van der Waals surface area contributed by atoms with Crippen molar-refractivity contribution in [3.05, 3.63) is 100 Å². The summed E-state index contributed by atoms with van der Waals surface area (Å²) in [4.78, 5) is 15.1. The fourth-order valence-electron chi connectivity index (χ4n) is 3.94. The van der Waals surface area contributed by atoms with Crippen molar-refractivity contribution in [2.75, 3.05) is 12.0 Å². The summed E-state index contributed by atoms with van der Waals surface area (Å²) in [5.74, 6) is -0.297. The zero-order valence-electron chi connectivity index (χ0n) is 16.3. The second kappa shape index (κ2) is 7.64. The zero-order valence-corrected chi connectivity index (χ0v) is 17.1. The first-order valence-electron chi connectivity index (χ1n) is 9.43. The first kappa shape index (κ1) is 19.6. The minimum atomic E-state index is -1.64. The molecule has 0 saturated carbocycles. The second-order valence-electron chi connectivity index (χ2n) is 7.32. The molecule has 5 heteroatoms. The van der Waals surface area contributed by atoms with Gasteiger partial charge in [0, 0.05) is 17.7 Å². The lowest BCUT2D eigenvalue weighted by Crippen LogP contribution is -2.57. The molecule has 2 atom stereocenters. The third-order valence-electron chi connectivity index (χ3n) is 5.44. The summed E-state index contributed by atoms with van der Waals surface area (Å²) in [5.41, 5.74) is 2.26. The number of aryl methyl sites for hydroxylation is 1. The maximum atomic E-state index is 13.5. The van der Waals surface area contributed by atoms with Crippen molar-refractivity contribution in [3.8, 4) is 0 Å². The summed E-state index contributed by atoms with van der Waals surface area (Å²) in [5, 5.41) is 12.3. The van der Waals surface area contributed by atoms with Crippen LogP contribution in [0.1, 0.15) is 22.3 Å². The number of benzene rings is 3. The number of carbonyl (C=O) groups is 1. The summed E-state index contributed by atoms with van der Waals surface area (Å²) >= 11 is 6.29. The van der Waals surface area contributed by atoms with E-state index in [2.05, 4.69) is 0 Å². The summed E-state index contributed by atoms with van der Waals surface area (Å²) < 4.78 is 5.57. The van der Waals surface area contributed by atoms with Gasteiger partial charge in [0.05, 0.1) is 12.2 Å². The van der Waals surface area contributed by atoms with E-state index in [0.29, 0.717) is 28.4 Å². The summed E-state index contributed by atoms with van der Waals surface area (Å²) in [6.07, 6.45) is -1.10. The molecule has 1 amide bonds. The van der Waals surface area contributed by atoms with Crippen LogP contribution in [0.2, 0.25) is 5.02 Å². The largest absolute Gasteiger partial charge is 0.377 e. The number of hydrogen-bond donors (Lipinski definition) is 1. The summed E-state index contributed by atoms with van der Waals surface area (Å²) in [6, 6.07) is 22.3. The van der Waals surface area contributed by atoms with Gasteiger partial charge < -0.3 is 14.7 Å². The van der Waals surface area contributed by atoms with Crippen molar-refractivity contribution < 1.29 is 14.6 Å². The standard InChI is InChI=1S/C24H22ClNO3/c1-16-8-10-17(11-9-16)15-26-21-13-12-19(25)14-20(21)24(28,22(29-2)23(26)27)18-6-4-3-5-7-18/h3-14,22,28H,15H2,1-2H3. The second-order valence-corrected chi connectivity index (χ2v) is 7.76. The van der Waals surface area contributed by atoms with Gasteiger partial charge in [-0.05, 0) is 36.2 Å². The number of methoxy groups -OCH3 is 1. The summed E-state index contributed by atoms with van der Waals surface area (Å²) in [6.45, 7) is 2.40. The van der Waals surface area contributed by atoms with E-state index in [9.17, 15) is 9.90 Å². The van der Waals surface area contributed by atoms with Crippen molar-refractivity contribution in [2.24, 2.45) is 0 Å². The number of aliphatic hydroxyl groups is 1. The van der Waals surface area contributed by atoms with Crippen LogP contribution < -0.4 is 4.90 Å². The Morgan fingerprint density at radius 2 is 1.76 bits per heavy atom. The first-order chi connectivity index (χ1) is 13.9. The lowest BCUT2D eigenvalue weighted by molar-refractivity contribution is -0.145. The smallest absolute Gasteiger partial charge is 0.260 e. The van der Waals surface area contributed by atoms with Gasteiger partial charge in [-0.2, -0.15) is 0 Å². The van der Waals surface area contributed by atoms with Crippen molar-refractivity contribution in [1.29, 1.82) is 0 Å². The van der Waals surface area contributed by atoms with E-state index in [4.69, 9.17) is 16.3 Å².